The van der Waals surface area contributed by atoms with Crippen LogP contribution in [0.3, 0.4) is 0 Å². The lowest BCUT2D eigenvalue weighted by atomic mass is 10.2. The number of amides is 1. The highest BCUT2D eigenvalue weighted by Gasteiger charge is 2.31. The van der Waals surface area contributed by atoms with E-state index in [-0.39, 0.29) is 29.6 Å². The molecular formula is C24H21FN6O3S. The first-order valence-electron chi connectivity index (χ1n) is 11.2. The molecule has 1 atom stereocenters. The predicted molar refractivity (Wildman–Crippen MR) is 131 cm³/mol. The molecular weight excluding hydrogens is 471 g/mol. The van der Waals surface area contributed by atoms with Gasteiger partial charge in [-0.2, -0.15) is 0 Å². The summed E-state index contributed by atoms with van der Waals surface area (Å²) in [4.78, 5) is 41.9. The van der Waals surface area contributed by atoms with Crippen molar-refractivity contribution in [2.75, 3.05) is 24.5 Å². The number of H-pyrrole nitrogens is 1. The Hall–Kier alpha value is -3.99. The lowest BCUT2D eigenvalue weighted by molar-refractivity contribution is -0.134. The minimum Gasteiger partial charge on any atom is -0.408 e. The molecule has 1 amide bonds. The number of piperazine rings is 1. The summed E-state index contributed by atoms with van der Waals surface area (Å²) in [6.45, 7) is 3.34. The van der Waals surface area contributed by atoms with Crippen molar-refractivity contribution in [1.82, 2.24) is 24.4 Å². The second kappa shape index (κ2) is 8.35. The highest BCUT2D eigenvalue weighted by Crippen LogP contribution is 2.34. The van der Waals surface area contributed by atoms with Crippen LogP contribution >= 0.6 is 11.3 Å². The van der Waals surface area contributed by atoms with Crippen LogP contribution in [0.25, 0.3) is 33.7 Å². The van der Waals surface area contributed by atoms with E-state index in [1.807, 2.05) is 31.2 Å². The highest BCUT2D eigenvalue weighted by molar-refractivity contribution is 7.14. The number of halogens is 1. The number of aromatic amines is 1. The number of benzene rings is 2. The Balaban J connectivity index is 1.21. The summed E-state index contributed by atoms with van der Waals surface area (Å²) in [5, 5.41) is 0.988. The molecule has 2 aromatic carbocycles. The lowest BCUT2D eigenvalue weighted by Crippen LogP contribution is -2.55. The molecule has 1 unspecified atom stereocenters. The number of thiazole rings is 1. The maximum atomic E-state index is 14.3. The minimum absolute atomic E-state index is 0.0114. The van der Waals surface area contributed by atoms with Crippen LogP contribution in [0.1, 0.15) is 6.92 Å². The number of para-hydroxylation sites is 3. The van der Waals surface area contributed by atoms with Gasteiger partial charge in [0, 0.05) is 25.7 Å². The standard InChI is InChI=1S/C24H21FN6O3S/c1-14-11-29(23-20(26-13-35-23)22-27-16-6-2-3-7-17(16)28-22)9-10-30(14)19(32)12-31-21-15(25)5-4-8-18(21)34-24(31)33/h2-8,13-14H,9-12H2,1H3,(H,27,28). The molecule has 1 aliphatic heterocycles. The van der Waals surface area contributed by atoms with Crippen molar-refractivity contribution in [3.05, 3.63) is 64.3 Å². The number of rotatable bonds is 4. The van der Waals surface area contributed by atoms with E-state index in [4.69, 9.17) is 4.42 Å². The van der Waals surface area contributed by atoms with Gasteiger partial charge < -0.3 is 19.2 Å². The number of nitrogens with zero attached hydrogens (tertiary/aromatic N) is 5. The Labute approximate surface area is 202 Å². The smallest absolute Gasteiger partial charge is 0.408 e. The Morgan fingerprint density at radius 3 is 2.91 bits per heavy atom. The lowest BCUT2D eigenvalue weighted by Gasteiger charge is -2.40. The molecule has 1 aliphatic rings. The molecule has 178 valence electrons. The fourth-order valence-electron chi connectivity index (χ4n) is 4.65. The number of oxazole rings is 1. The average Bonchev–Trinajstić information content (AvgIpc) is 3.56. The van der Waals surface area contributed by atoms with Crippen molar-refractivity contribution >= 4 is 44.4 Å². The predicted octanol–water partition coefficient (Wildman–Crippen LogP) is 3.47. The van der Waals surface area contributed by atoms with Crippen LogP contribution in [0.15, 0.2) is 57.2 Å². The topological polar surface area (TPSA) is 100 Å². The second-order valence-electron chi connectivity index (χ2n) is 8.53. The molecule has 35 heavy (non-hydrogen) atoms. The largest absolute Gasteiger partial charge is 0.420 e. The molecule has 1 saturated heterocycles. The van der Waals surface area contributed by atoms with Gasteiger partial charge in [-0.3, -0.25) is 9.36 Å². The molecule has 6 rings (SSSR count). The maximum Gasteiger partial charge on any atom is 0.420 e. The summed E-state index contributed by atoms with van der Waals surface area (Å²) >= 11 is 1.53. The van der Waals surface area contributed by atoms with Crippen LogP contribution < -0.4 is 10.7 Å². The van der Waals surface area contributed by atoms with E-state index in [1.54, 1.807) is 10.4 Å². The van der Waals surface area contributed by atoms with Crippen molar-refractivity contribution in [2.45, 2.75) is 19.5 Å². The van der Waals surface area contributed by atoms with Crippen molar-refractivity contribution in [2.24, 2.45) is 0 Å². The third kappa shape index (κ3) is 3.68. The fourth-order valence-corrected chi connectivity index (χ4v) is 5.49. The molecule has 9 nitrogen and oxygen atoms in total. The summed E-state index contributed by atoms with van der Waals surface area (Å²) in [6, 6.07) is 11.9. The first-order valence-corrected chi connectivity index (χ1v) is 12.1. The SMILES string of the molecule is CC1CN(c2scnc2-c2nc3ccccc3[nH]2)CCN1C(=O)Cn1c(=O)oc2cccc(F)c21. The number of hydrogen-bond donors (Lipinski definition) is 1. The van der Waals surface area contributed by atoms with Crippen LogP contribution in [0.2, 0.25) is 0 Å². The Morgan fingerprint density at radius 2 is 2.09 bits per heavy atom. The Kier molecular flexibility index (Phi) is 5.14. The summed E-state index contributed by atoms with van der Waals surface area (Å²) in [6.07, 6.45) is 0. The van der Waals surface area contributed by atoms with Gasteiger partial charge in [-0.05, 0) is 31.2 Å². The van der Waals surface area contributed by atoms with Crippen molar-refractivity contribution in [3.63, 3.8) is 0 Å². The van der Waals surface area contributed by atoms with Gasteiger partial charge in [0.25, 0.3) is 0 Å². The van der Waals surface area contributed by atoms with Gasteiger partial charge in [-0.1, -0.05) is 18.2 Å². The summed E-state index contributed by atoms with van der Waals surface area (Å²) in [5.41, 5.74) is 4.55. The maximum absolute atomic E-state index is 14.3. The third-order valence-corrected chi connectivity index (χ3v) is 7.21. The first-order chi connectivity index (χ1) is 17.0. The first kappa shape index (κ1) is 21.5. The summed E-state index contributed by atoms with van der Waals surface area (Å²) in [5.74, 6) is -0.888. The molecule has 0 saturated carbocycles. The number of carbonyl (C=O) groups is 1. The van der Waals surface area contributed by atoms with Gasteiger partial charge in [-0.25, -0.2) is 19.2 Å². The molecule has 1 fully saturated rings. The van der Waals surface area contributed by atoms with Gasteiger partial charge in [0.2, 0.25) is 5.91 Å². The molecule has 0 spiro atoms. The van der Waals surface area contributed by atoms with Gasteiger partial charge in [0.05, 0.1) is 16.5 Å². The summed E-state index contributed by atoms with van der Waals surface area (Å²) in [7, 11) is 0. The van der Waals surface area contributed by atoms with E-state index >= 15 is 0 Å². The number of imidazole rings is 1. The normalized spacial score (nSPS) is 16.5. The van der Waals surface area contributed by atoms with Crippen LogP contribution in [-0.2, 0) is 11.3 Å². The molecule has 5 aromatic rings. The molecule has 0 aliphatic carbocycles. The van der Waals surface area contributed by atoms with Crippen LogP contribution in [0.5, 0.6) is 0 Å². The Morgan fingerprint density at radius 1 is 1.23 bits per heavy atom. The van der Waals surface area contributed by atoms with E-state index in [1.165, 1.54) is 29.5 Å². The minimum atomic E-state index is -0.745. The number of fused-ring (bicyclic) bond motifs is 2. The third-order valence-electron chi connectivity index (χ3n) is 6.33. The number of carbonyl (C=O) groups excluding carboxylic acids is 1. The number of anilines is 1. The highest BCUT2D eigenvalue weighted by atomic mass is 32.1. The average molecular weight is 493 g/mol. The zero-order valence-corrected chi connectivity index (χ0v) is 19.6. The molecule has 3 aromatic heterocycles. The van der Waals surface area contributed by atoms with Crippen LogP contribution in [-0.4, -0.2) is 56.0 Å². The van der Waals surface area contributed by atoms with Crippen molar-refractivity contribution in [3.8, 4) is 11.5 Å². The number of aromatic nitrogens is 4. The van der Waals surface area contributed by atoms with E-state index in [2.05, 4.69) is 19.9 Å². The molecule has 0 bridgehead atoms. The van der Waals surface area contributed by atoms with Crippen molar-refractivity contribution in [1.29, 1.82) is 0 Å². The fraction of sp³-hybridized carbons (Fsp3) is 0.250. The van der Waals surface area contributed by atoms with E-state index < -0.39 is 11.6 Å². The Bertz CT molecular complexity index is 1590. The van der Waals surface area contributed by atoms with Gasteiger partial charge in [0.15, 0.2) is 17.2 Å². The monoisotopic (exact) mass is 492 g/mol. The van der Waals surface area contributed by atoms with E-state index in [0.29, 0.717) is 25.5 Å². The van der Waals surface area contributed by atoms with E-state index in [9.17, 15) is 14.0 Å². The van der Waals surface area contributed by atoms with Gasteiger partial charge in [-0.15, -0.1) is 11.3 Å². The van der Waals surface area contributed by atoms with Gasteiger partial charge in [0.1, 0.15) is 22.8 Å². The number of hydrogen-bond acceptors (Lipinski definition) is 7. The molecule has 11 heteroatoms. The molecule has 1 N–H and O–H groups in total. The van der Waals surface area contributed by atoms with E-state index in [0.717, 1.165) is 26.3 Å². The number of nitrogens with one attached hydrogen (secondary N) is 1. The zero-order chi connectivity index (χ0) is 24.1. The zero-order valence-electron chi connectivity index (χ0n) is 18.8. The summed E-state index contributed by atoms with van der Waals surface area (Å²) < 4.78 is 20.5. The van der Waals surface area contributed by atoms with Crippen molar-refractivity contribution < 1.29 is 13.6 Å². The molecule has 4 heterocycles. The van der Waals surface area contributed by atoms with Crippen LogP contribution in [0.4, 0.5) is 9.39 Å². The second-order valence-corrected chi connectivity index (χ2v) is 9.36. The quantitative estimate of drug-likeness (QED) is 0.412. The van der Waals surface area contributed by atoms with Crippen LogP contribution in [0, 0.1) is 5.82 Å². The van der Waals surface area contributed by atoms with Gasteiger partial charge >= 0.3 is 5.76 Å². The molecule has 0 radical (unpaired) electrons.